The van der Waals surface area contributed by atoms with Crippen molar-refractivity contribution >= 4 is 5.97 Å². The molecule has 2 heteroatoms. The molecule has 1 fully saturated rings. The smallest absolute Gasteiger partial charge is 0.305 e. The van der Waals surface area contributed by atoms with Crippen LogP contribution in [0.5, 0.6) is 0 Å². The van der Waals surface area contributed by atoms with Gasteiger partial charge in [0.2, 0.25) is 0 Å². The summed E-state index contributed by atoms with van der Waals surface area (Å²) in [6, 6.07) is 0. The number of unbranched alkanes of at least 4 members (excludes halogenated alkanes) is 2. The molecule has 0 N–H and O–H groups in total. The average Bonchev–Trinajstić information content (AvgIpc) is 2.36. The van der Waals surface area contributed by atoms with Gasteiger partial charge >= 0.3 is 5.97 Å². The standard InChI is InChI=1S/C15H28O2/c1-2-3-5-12-15(16)17-13-8-11-14-9-6-4-7-10-14/h14H,2-13H2,1H3. The van der Waals surface area contributed by atoms with Crippen LogP contribution in [0.3, 0.4) is 0 Å². The fourth-order valence-electron chi connectivity index (χ4n) is 2.63. The molecule has 17 heavy (non-hydrogen) atoms. The van der Waals surface area contributed by atoms with E-state index in [9.17, 15) is 4.79 Å². The minimum absolute atomic E-state index is 0.00194. The molecule has 0 bridgehead atoms. The van der Waals surface area contributed by atoms with E-state index in [0.29, 0.717) is 13.0 Å². The summed E-state index contributed by atoms with van der Waals surface area (Å²) in [5, 5.41) is 0. The molecule has 100 valence electrons. The van der Waals surface area contributed by atoms with Crippen molar-refractivity contribution in [3.63, 3.8) is 0 Å². The van der Waals surface area contributed by atoms with Crippen LogP contribution in [0.2, 0.25) is 0 Å². The van der Waals surface area contributed by atoms with Crippen molar-refractivity contribution in [1.82, 2.24) is 0 Å². The van der Waals surface area contributed by atoms with Crippen LogP contribution in [0.15, 0.2) is 0 Å². The minimum Gasteiger partial charge on any atom is -0.466 e. The van der Waals surface area contributed by atoms with Crippen LogP contribution in [0, 0.1) is 5.92 Å². The fourth-order valence-corrected chi connectivity index (χ4v) is 2.63. The van der Waals surface area contributed by atoms with Gasteiger partial charge in [-0.3, -0.25) is 4.79 Å². The summed E-state index contributed by atoms with van der Waals surface area (Å²) in [4.78, 5) is 11.3. The van der Waals surface area contributed by atoms with Gasteiger partial charge in [-0.15, -0.1) is 0 Å². The first-order valence-corrected chi connectivity index (χ1v) is 7.48. The predicted octanol–water partition coefficient (Wildman–Crippen LogP) is 4.47. The lowest BCUT2D eigenvalue weighted by Crippen LogP contribution is -2.09. The average molecular weight is 240 g/mol. The summed E-state index contributed by atoms with van der Waals surface area (Å²) in [7, 11) is 0. The summed E-state index contributed by atoms with van der Waals surface area (Å²) >= 11 is 0. The molecule has 0 radical (unpaired) electrons. The van der Waals surface area contributed by atoms with Gasteiger partial charge in [-0.2, -0.15) is 0 Å². The molecule has 1 saturated carbocycles. The van der Waals surface area contributed by atoms with Crippen LogP contribution in [-0.2, 0) is 9.53 Å². The Morgan fingerprint density at radius 3 is 2.59 bits per heavy atom. The van der Waals surface area contributed by atoms with Crippen molar-refractivity contribution in [2.75, 3.05) is 6.61 Å². The van der Waals surface area contributed by atoms with Crippen molar-refractivity contribution in [1.29, 1.82) is 0 Å². The first kappa shape index (κ1) is 14.5. The number of hydrogen-bond donors (Lipinski definition) is 0. The number of ether oxygens (including phenoxy) is 1. The maximum Gasteiger partial charge on any atom is 0.305 e. The lowest BCUT2D eigenvalue weighted by atomic mass is 9.86. The third-order valence-corrected chi connectivity index (χ3v) is 3.73. The molecule has 0 atom stereocenters. The molecular weight excluding hydrogens is 212 g/mol. The lowest BCUT2D eigenvalue weighted by Gasteiger charge is -2.21. The number of esters is 1. The maximum atomic E-state index is 11.3. The van der Waals surface area contributed by atoms with E-state index in [4.69, 9.17) is 4.74 Å². The Hall–Kier alpha value is -0.530. The molecule has 0 aromatic heterocycles. The summed E-state index contributed by atoms with van der Waals surface area (Å²) in [5.41, 5.74) is 0. The van der Waals surface area contributed by atoms with E-state index in [2.05, 4.69) is 6.92 Å². The third kappa shape index (κ3) is 7.40. The second kappa shape index (κ2) is 9.49. The van der Waals surface area contributed by atoms with Crippen molar-refractivity contribution in [3.8, 4) is 0 Å². The van der Waals surface area contributed by atoms with E-state index in [1.54, 1.807) is 0 Å². The zero-order valence-corrected chi connectivity index (χ0v) is 11.4. The largest absolute Gasteiger partial charge is 0.466 e. The number of carbonyl (C=O) groups is 1. The summed E-state index contributed by atoms with van der Waals surface area (Å²) in [5.74, 6) is 0.907. The molecular formula is C15H28O2. The second-order valence-electron chi connectivity index (χ2n) is 5.32. The highest BCUT2D eigenvalue weighted by molar-refractivity contribution is 5.69. The SMILES string of the molecule is CCCCCC(=O)OCCCC1CCCCC1. The number of hydrogen-bond acceptors (Lipinski definition) is 2. The van der Waals surface area contributed by atoms with Crippen molar-refractivity contribution in [3.05, 3.63) is 0 Å². The first-order valence-electron chi connectivity index (χ1n) is 7.48. The Balaban J connectivity index is 1.90. The van der Waals surface area contributed by atoms with Crippen LogP contribution < -0.4 is 0 Å². The van der Waals surface area contributed by atoms with Crippen LogP contribution >= 0.6 is 0 Å². The Morgan fingerprint density at radius 2 is 1.88 bits per heavy atom. The normalized spacial score (nSPS) is 17.0. The van der Waals surface area contributed by atoms with E-state index in [1.165, 1.54) is 38.5 Å². The molecule has 1 aliphatic carbocycles. The van der Waals surface area contributed by atoms with Gasteiger partial charge in [0.05, 0.1) is 6.61 Å². The predicted molar refractivity (Wildman–Crippen MR) is 70.9 cm³/mol. The molecule has 0 heterocycles. The van der Waals surface area contributed by atoms with Gasteiger partial charge < -0.3 is 4.74 Å². The molecule has 2 nitrogen and oxygen atoms in total. The van der Waals surface area contributed by atoms with Crippen LogP contribution in [0.25, 0.3) is 0 Å². The summed E-state index contributed by atoms with van der Waals surface area (Å²) in [6.45, 7) is 2.79. The van der Waals surface area contributed by atoms with Crippen LogP contribution in [0.4, 0.5) is 0 Å². The van der Waals surface area contributed by atoms with Crippen molar-refractivity contribution in [2.45, 2.75) is 77.6 Å². The Bertz CT molecular complexity index is 195. The van der Waals surface area contributed by atoms with Crippen LogP contribution in [-0.4, -0.2) is 12.6 Å². The molecule has 0 aromatic carbocycles. The minimum atomic E-state index is 0.00194. The van der Waals surface area contributed by atoms with E-state index < -0.39 is 0 Å². The Kier molecular flexibility index (Phi) is 8.12. The lowest BCUT2D eigenvalue weighted by molar-refractivity contribution is -0.144. The number of rotatable bonds is 8. The summed E-state index contributed by atoms with van der Waals surface area (Å²) in [6.07, 6.45) is 13.2. The quantitative estimate of drug-likeness (QED) is 0.462. The van der Waals surface area contributed by atoms with E-state index in [-0.39, 0.29) is 5.97 Å². The van der Waals surface area contributed by atoms with E-state index in [1.807, 2.05) is 0 Å². The Morgan fingerprint density at radius 1 is 1.12 bits per heavy atom. The Labute approximate surface area is 106 Å². The van der Waals surface area contributed by atoms with Gasteiger partial charge in [-0.25, -0.2) is 0 Å². The first-order chi connectivity index (χ1) is 8.33. The van der Waals surface area contributed by atoms with Gasteiger partial charge in [0.15, 0.2) is 0 Å². The van der Waals surface area contributed by atoms with Gasteiger partial charge in [-0.1, -0.05) is 51.9 Å². The molecule has 0 amide bonds. The fraction of sp³-hybridized carbons (Fsp3) is 0.933. The van der Waals surface area contributed by atoms with E-state index in [0.717, 1.165) is 31.6 Å². The highest BCUT2D eigenvalue weighted by Gasteiger charge is 2.12. The molecule has 0 unspecified atom stereocenters. The van der Waals surface area contributed by atoms with Gasteiger partial charge in [0.25, 0.3) is 0 Å². The third-order valence-electron chi connectivity index (χ3n) is 3.73. The molecule has 1 rings (SSSR count). The molecule has 1 aliphatic rings. The van der Waals surface area contributed by atoms with E-state index >= 15 is 0 Å². The van der Waals surface area contributed by atoms with Gasteiger partial charge in [-0.05, 0) is 25.2 Å². The monoisotopic (exact) mass is 240 g/mol. The zero-order chi connectivity index (χ0) is 12.3. The van der Waals surface area contributed by atoms with Crippen molar-refractivity contribution in [2.24, 2.45) is 5.92 Å². The molecule has 0 saturated heterocycles. The van der Waals surface area contributed by atoms with Gasteiger partial charge in [0.1, 0.15) is 0 Å². The zero-order valence-electron chi connectivity index (χ0n) is 11.4. The number of carbonyl (C=O) groups excluding carboxylic acids is 1. The topological polar surface area (TPSA) is 26.3 Å². The maximum absolute atomic E-state index is 11.3. The molecule has 0 aliphatic heterocycles. The van der Waals surface area contributed by atoms with Crippen molar-refractivity contribution < 1.29 is 9.53 Å². The highest BCUT2D eigenvalue weighted by Crippen LogP contribution is 2.27. The van der Waals surface area contributed by atoms with Gasteiger partial charge in [0, 0.05) is 6.42 Å². The molecule has 0 aromatic rings. The molecule has 0 spiro atoms. The highest BCUT2D eigenvalue weighted by atomic mass is 16.5. The van der Waals surface area contributed by atoms with Crippen LogP contribution in [0.1, 0.15) is 77.6 Å². The second-order valence-corrected chi connectivity index (χ2v) is 5.32. The summed E-state index contributed by atoms with van der Waals surface area (Å²) < 4.78 is 5.24.